The molecular weight excluding hydrogens is 528 g/mol. The van der Waals surface area contributed by atoms with Gasteiger partial charge in [0.2, 0.25) is 5.91 Å². The van der Waals surface area contributed by atoms with Gasteiger partial charge < -0.3 is 20.9 Å². The van der Waals surface area contributed by atoms with E-state index in [-0.39, 0.29) is 18.0 Å². The molecule has 0 aromatic heterocycles. The van der Waals surface area contributed by atoms with E-state index in [2.05, 4.69) is 31.3 Å². The Kier molecular flexibility index (Phi) is 29.2. The Labute approximate surface area is 258 Å². The number of rotatable bonds is 31. The van der Waals surface area contributed by atoms with E-state index < -0.39 is 12.0 Å². The zero-order valence-corrected chi connectivity index (χ0v) is 27.4. The van der Waals surface area contributed by atoms with Crippen LogP contribution in [0.5, 0.6) is 0 Å². The number of hydrogen-bond donors (Lipinski definition) is 3. The van der Waals surface area contributed by atoms with Crippen LogP contribution in [0.15, 0.2) is 12.2 Å². The summed E-state index contributed by atoms with van der Waals surface area (Å²) in [6, 6.07) is -0.865. The highest BCUT2D eigenvalue weighted by molar-refractivity contribution is 5.83. The molecule has 1 amide bonds. The van der Waals surface area contributed by atoms with E-state index in [1.165, 1.54) is 70.6 Å². The number of carbonyl (C=O) groups excluding carboxylic acids is 2. The highest BCUT2D eigenvalue weighted by atomic mass is 16.5. The van der Waals surface area contributed by atoms with Gasteiger partial charge in [-0.05, 0) is 57.6 Å². The van der Waals surface area contributed by atoms with Crippen molar-refractivity contribution in [2.45, 2.75) is 187 Å². The maximum absolute atomic E-state index is 12.5. The Morgan fingerprint density at radius 2 is 1.21 bits per heavy atom. The second-order valence-electron chi connectivity index (χ2n) is 11.9. The molecule has 0 spiro atoms. The monoisotopic (exact) mass is 594 g/mol. The number of carbonyl (C=O) groups is 3. The average molecular weight is 595 g/mol. The number of carboxylic acids is 1. The first kappa shape index (κ1) is 40.1. The van der Waals surface area contributed by atoms with Crippen LogP contribution >= 0.6 is 0 Å². The van der Waals surface area contributed by atoms with Gasteiger partial charge in [0.1, 0.15) is 12.1 Å². The van der Waals surface area contributed by atoms with Gasteiger partial charge in [-0.25, -0.2) is 4.79 Å². The van der Waals surface area contributed by atoms with Crippen molar-refractivity contribution in [3.05, 3.63) is 12.2 Å². The first-order valence-corrected chi connectivity index (χ1v) is 17.5. The van der Waals surface area contributed by atoms with E-state index in [0.717, 1.165) is 57.8 Å². The molecule has 4 N–H and O–H groups in total. The molecule has 0 radical (unpaired) electrons. The first-order chi connectivity index (χ1) is 20.4. The maximum Gasteiger partial charge on any atom is 0.326 e. The van der Waals surface area contributed by atoms with Crippen molar-refractivity contribution in [3.63, 3.8) is 0 Å². The van der Waals surface area contributed by atoms with Gasteiger partial charge in [-0.15, -0.1) is 0 Å². The predicted molar refractivity (Wildman–Crippen MR) is 174 cm³/mol. The number of nitrogens with one attached hydrogen (secondary N) is 1. The highest BCUT2D eigenvalue weighted by Crippen LogP contribution is 2.15. The lowest BCUT2D eigenvalue weighted by atomic mass is 10.0. The summed E-state index contributed by atoms with van der Waals surface area (Å²) < 4.78 is 5.83. The van der Waals surface area contributed by atoms with Crippen molar-refractivity contribution in [1.82, 2.24) is 5.32 Å². The van der Waals surface area contributed by atoms with Gasteiger partial charge >= 0.3 is 11.9 Å². The van der Waals surface area contributed by atoms with E-state index in [0.29, 0.717) is 38.6 Å². The van der Waals surface area contributed by atoms with E-state index in [1.807, 2.05) is 0 Å². The molecule has 0 aromatic rings. The minimum Gasteiger partial charge on any atom is -0.480 e. The van der Waals surface area contributed by atoms with Crippen LogP contribution in [-0.2, 0) is 19.1 Å². The van der Waals surface area contributed by atoms with Crippen LogP contribution in [0, 0.1) is 0 Å². The lowest BCUT2D eigenvalue weighted by molar-refractivity contribution is -0.147. The normalized spacial score (nSPS) is 12.8. The predicted octanol–water partition coefficient (Wildman–Crippen LogP) is 8.77. The number of esters is 1. The second-order valence-corrected chi connectivity index (χ2v) is 11.9. The Balaban J connectivity index is 4.09. The average Bonchev–Trinajstić information content (AvgIpc) is 2.97. The summed E-state index contributed by atoms with van der Waals surface area (Å²) in [6.45, 7) is 4.84. The molecule has 0 saturated heterocycles. The van der Waals surface area contributed by atoms with Crippen LogP contribution in [0.25, 0.3) is 0 Å². The third-order valence-electron chi connectivity index (χ3n) is 7.82. The molecule has 7 nitrogen and oxygen atoms in total. The molecule has 0 fully saturated rings. The number of amides is 1. The van der Waals surface area contributed by atoms with Crippen LogP contribution < -0.4 is 11.1 Å². The lowest BCUT2D eigenvalue weighted by Gasteiger charge is -2.15. The van der Waals surface area contributed by atoms with Crippen LogP contribution in [0.3, 0.4) is 0 Å². The number of hydrogen-bond acceptors (Lipinski definition) is 5. The van der Waals surface area contributed by atoms with Crippen LogP contribution in [0.2, 0.25) is 0 Å². The molecule has 0 aromatic carbocycles. The van der Waals surface area contributed by atoms with Crippen molar-refractivity contribution in [3.8, 4) is 0 Å². The molecule has 246 valence electrons. The van der Waals surface area contributed by atoms with E-state index in [1.54, 1.807) is 0 Å². The SMILES string of the molecule is CCCC/C=C\C(CCCCCCC(=O)NC(CCCN)C(=O)O)OC(=O)CCCCCCCCCCCCCCC. The van der Waals surface area contributed by atoms with Gasteiger partial charge in [-0.1, -0.05) is 123 Å². The van der Waals surface area contributed by atoms with Crippen LogP contribution in [0.4, 0.5) is 0 Å². The number of ether oxygens (including phenoxy) is 1. The summed E-state index contributed by atoms with van der Waals surface area (Å²) in [5.41, 5.74) is 5.45. The third-order valence-corrected chi connectivity index (χ3v) is 7.82. The van der Waals surface area contributed by atoms with Crippen molar-refractivity contribution >= 4 is 17.8 Å². The molecule has 7 heteroatoms. The maximum atomic E-state index is 12.5. The summed E-state index contributed by atoms with van der Waals surface area (Å²) >= 11 is 0. The van der Waals surface area contributed by atoms with Crippen LogP contribution in [0.1, 0.15) is 174 Å². The number of unbranched alkanes of at least 4 members (excludes halogenated alkanes) is 17. The van der Waals surface area contributed by atoms with Gasteiger partial charge in [-0.2, -0.15) is 0 Å². The molecule has 0 aliphatic heterocycles. The number of carboxylic acid groups (broad SMARTS) is 1. The highest BCUT2D eigenvalue weighted by Gasteiger charge is 2.18. The standard InChI is InChI=1S/C35H66N2O5/c1-3-5-7-9-10-11-12-13-14-15-16-17-23-29-34(39)42-31(25-20-8-6-4-2)26-21-18-19-22-28-33(38)37-32(35(40)41)27-24-30-36/h20,25,31-32H,3-19,21-24,26-30,36H2,1-2H3,(H,37,38)(H,40,41)/b25-20-. The summed E-state index contributed by atoms with van der Waals surface area (Å²) in [7, 11) is 0. The van der Waals surface area contributed by atoms with Crippen molar-refractivity contribution in [2.24, 2.45) is 5.73 Å². The van der Waals surface area contributed by atoms with Gasteiger partial charge in [0, 0.05) is 12.8 Å². The third kappa shape index (κ3) is 27.0. The Bertz CT molecular complexity index is 682. The fourth-order valence-electron chi connectivity index (χ4n) is 5.11. The molecule has 0 aliphatic carbocycles. The molecule has 0 bridgehead atoms. The van der Waals surface area contributed by atoms with Crippen molar-refractivity contribution < 1.29 is 24.2 Å². The van der Waals surface area contributed by atoms with E-state index in [4.69, 9.17) is 10.5 Å². The van der Waals surface area contributed by atoms with Crippen LogP contribution in [-0.4, -0.2) is 41.6 Å². The molecule has 0 rings (SSSR count). The first-order valence-electron chi connectivity index (χ1n) is 17.5. The van der Waals surface area contributed by atoms with E-state index in [9.17, 15) is 19.5 Å². The molecule has 2 atom stereocenters. The van der Waals surface area contributed by atoms with Crippen molar-refractivity contribution in [1.29, 1.82) is 0 Å². The number of nitrogens with two attached hydrogens (primary N) is 1. The fourth-order valence-corrected chi connectivity index (χ4v) is 5.11. The van der Waals surface area contributed by atoms with Gasteiger partial charge in [0.05, 0.1) is 0 Å². The van der Waals surface area contributed by atoms with Gasteiger partial charge in [0.15, 0.2) is 0 Å². The lowest BCUT2D eigenvalue weighted by Crippen LogP contribution is -2.40. The fraction of sp³-hybridized carbons (Fsp3) is 0.857. The minimum absolute atomic E-state index is 0.0949. The quantitative estimate of drug-likeness (QED) is 0.0419. The molecule has 42 heavy (non-hydrogen) atoms. The summed E-state index contributed by atoms with van der Waals surface area (Å²) in [5, 5.41) is 11.8. The molecular formula is C35H66N2O5. The number of aliphatic carboxylic acids is 1. The van der Waals surface area contributed by atoms with Gasteiger partial charge in [-0.3, -0.25) is 9.59 Å². The van der Waals surface area contributed by atoms with Crippen molar-refractivity contribution in [2.75, 3.05) is 6.54 Å². The smallest absolute Gasteiger partial charge is 0.326 e. The summed E-state index contributed by atoms with van der Waals surface area (Å²) in [4.78, 5) is 35.9. The Hall–Kier alpha value is -1.89. The molecule has 2 unspecified atom stereocenters. The topological polar surface area (TPSA) is 119 Å². The second kappa shape index (κ2) is 30.6. The minimum atomic E-state index is -1.02. The molecule has 0 saturated carbocycles. The largest absolute Gasteiger partial charge is 0.480 e. The zero-order chi connectivity index (χ0) is 31.1. The Morgan fingerprint density at radius 3 is 1.76 bits per heavy atom. The summed E-state index contributed by atoms with van der Waals surface area (Å²) in [6.07, 6.45) is 30.0. The van der Waals surface area contributed by atoms with Gasteiger partial charge in [0.25, 0.3) is 0 Å². The number of allylic oxidation sites excluding steroid dienone is 1. The zero-order valence-electron chi connectivity index (χ0n) is 27.4. The Morgan fingerprint density at radius 1 is 0.690 bits per heavy atom. The summed E-state index contributed by atoms with van der Waals surface area (Å²) in [5.74, 6) is -1.33. The molecule has 0 aliphatic rings. The van der Waals surface area contributed by atoms with E-state index >= 15 is 0 Å². The molecule has 0 heterocycles.